The van der Waals surface area contributed by atoms with Crippen LogP contribution >= 0.6 is 0 Å². The van der Waals surface area contributed by atoms with Crippen molar-refractivity contribution in [3.8, 4) is 23.7 Å². The second-order valence-corrected chi connectivity index (χ2v) is 4.36. The standard InChI is InChI=1S/C17H20O2/c1-2-3-5-12-16(18)13-8-9-14-17(19)15-10-6-4-7-11-15/h4,6-7,10-11,16-19H,2-3,5,12H2,1H3. The van der Waals surface area contributed by atoms with Crippen molar-refractivity contribution in [1.82, 2.24) is 0 Å². The molecule has 19 heavy (non-hydrogen) atoms. The van der Waals surface area contributed by atoms with E-state index in [2.05, 4.69) is 30.6 Å². The van der Waals surface area contributed by atoms with Gasteiger partial charge in [-0.05, 0) is 30.2 Å². The van der Waals surface area contributed by atoms with Crippen molar-refractivity contribution in [2.75, 3.05) is 0 Å². The smallest absolute Gasteiger partial charge is 0.141 e. The minimum absolute atomic E-state index is 0.616. The zero-order chi connectivity index (χ0) is 13.9. The summed E-state index contributed by atoms with van der Waals surface area (Å²) in [6, 6.07) is 9.21. The summed E-state index contributed by atoms with van der Waals surface area (Å²) < 4.78 is 0. The lowest BCUT2D eigenvalue weighted by Crippen LogP contribution is -2.01. The van der Waals surface area contributed by atoms with Gasteiger partial charge < -0.3 is 10.2 Å². The van der Waals surface area contributed by atoms with Crippen molar-refractivity contribution in [1.29, 1.82) is 0 Å². The van der Waals surface area contributed by atoms with Gasteiger partial charge in [-0.25, -0.2) is 0 Å². The van der Waals surface area contributed by atoms with Gasteiger partial charge in [0, 0.05) is 0 Å². The molecule has 2 atom stereocenters. The molecule has 1 aromatic carbocycles. The third-order valence-corrected chi connectivity index (χ3v) is 2.71. The van der Waals surface area contributed by atoms with E-state index in [4.69, 9.17) is 0 Å². The molecule has 1 rings (SSSR count). The summed E-state index contributed by atoms with van der Waals surface area (Å²) in [4.78, 5) is 0. The van der Waals surface area contributed by atoms with Crippen molar-refractivity contribution in [3.63, 3.8) is 0 Å². The van der Waals surface area contributed by atoms with E-state index in [1.165, 1.54) is 0 Å². The van der Waals surface area contributed by atoms with Gasteiger partial charge in [0.1, 0.15) is 12.2 Å². The van der Waals surface area contributed by atoms with Crippen LogP contribution in [0.5, 0.6) is 0 Å². The van der Waals surface area contributed by atoms with E-state index >= 15 is 0 Å². The summed E-state index contributed by atoms with van der Waals surface area (Å²) in [7, 11) is 0. The quantitative estimate of drug-likeness (QED) is 0.628. The van der Waals surface area contributed by atoms with Crippen molar-refractivity contribution in [2.45, 2.75) is 44.8 Å². The molecule has 0 spiro atoms. The number of benzene rings is 1. The van der Waals surface area contributed by atoms with E-state index in [9.17, 15) is 10.2 Å². The lowest BCUT2D eigenvalue weighted by molar-refractivity contribution is 0.217. The molecular formula is C17H20O2. The number of unbranched alkanes of at least 4 members (excludes halogenated alkanes) is 2. The highest BCUT2D eigenvalue weighted by Gasteiger charge is 2.00. The summed E-state index contributed by atoms with van der Waals surface area (Å²) >= 11 is 0. The Kier molecular flexibility index (Phi) is 7.44. The maximum atomic E-state index is 9.76. The fourth-order valence-electron chi connectivity index (χ4n) is 1.60. The van der Waals surface area contributed by atoms with Crippen molar-refractivity contribution >= 4 is 0 Å². The Labute approximate surface area is 115 Å². The van der Waals surface area contributed by atoms with Crippen LogP contribution in [0.4, 0.5) is 0 Å². The van der Waals surface area contributed by atoms with Gasteiger partial charge in [0.25, 0.3) is 0 Å². The average molecular weight is 256 g/mol. The minimum Gasteiger partial charge on any atom is -0.380 e. The molecule has 2 unspecified atom stereocenters. The molecule has 0 bridgehead atoms. The molecule has 0 heterocycles. The molecule has 2 N–H and O–H groups in total. The Bertz CT molecular complexity index is 471. The van der Waals surface area contributed by atoms with Crippen molar-refractivity contribution in [3.05, 3.63) is 35.9 Å². The van der Waals surface area contributed by atoms with Gasteiger partial charge in [-0.1, -0.05) is 61.9 Å². The topological polar surface area (TPSA) is 40.5 Å². The summed E-state index contributed by atoms with van der Waals surface area (Å²) in [5, 5.41) is 19.3. The van der Waals surface area contributed by atoms with Gasteiger partial charge in [-0.3, -0.25) is 0 Å². The van der Waals surface area contributed by atoms with E-state index < -0.39 is 12.2 Å². The number of hydrogen-bond donors (Lipinski definition) is 2. The third-order valence-electron chi connectivity index (χ3n) is 2.71. The van der Waals surface area contributed by atoms with E-state index in [1.54, 1.807) is 0 Å². The average Bonchev–Trinajstić information content (AvgIpc) is 2.44. The molecule has 0 saturated heterocycles. The predicted octanol–water partition coefficient (Wildman–Crippen LogP) is 2.67. The first kappa shape index (κ1) is 15.3. The first-order valence-corrected chi connectivity index (χ1v) is 6.66. The number of aliphatic hydroxyl groups is 2. The molecule has 0 fully saturated rings. The monoisotopic (exact) mass is 256 g/mol. The fourth-order valence-corrected chi connectivity index (χ4v) is 1.60. The number of aliphatic hydroxyl groups excluding tert-OH is 2. The van der Waals surface area contributed by atoms with E-state index in [0.717, 1.165) is 24.8 Å². The minimum atomic E-state index is -0.826. The van der Waals surface area contributed by atoms with Crippen LogP contribution in [0.2, 0.25) is 0 Å². The maximum absolute atomic E-state index is 9.76. The molecule has 0 radical (unpaired) electrons. The predicted molar refractivity (Wildman–Crippen MR) is 77.1 cm³/mol. The number of hydrogen-bond acceptors (Lipinski definition) is 2. The molecule has 0 aliphatic carbocycles. The van der Waals surface area contributed by atoms with Crippen LogP contribution < -0.4 is 0 Å². The molecule has 0 aromatic heterocycles. The Morgan fingerprint density at radius 2 is 1.68 bits per heavy atom. The molecule has 100 valence electrons. The highest BCUT2D eigenvalue weighted by molar-refractivity contribution is 5.32. The largest absolute Gasteiger partial charge is 0.380 e. The maximum Gasteiger partial charge on any atom is 0.141 e. The molecule has 0 saturated carbocycles. The van der Waals surface area contributed by atoms with Crippen LogP contribution in [0.1, 0.15) is 44.3 Å². The zero-order valence-corrected chi connectivity index (χ0v) is 11.3. The van der Waals surface area contributed by atoms with Gasteiger partial charge in [0.15, 0.2) is 0 Å². The Morgan fingerprint density at radius 1 is 1.00 bits per heavy atom. The van der Waals surface area contributed by atoms with Gasteiger partial charge in [-0.15, -0.1) is 0 Å². The van der Waals surface area contributed by atoms with E-state index in [-0.39, 0.29) is 0 Å². The van der Waals surface area contributed by atoms with Gasteiger partial charge >= 0.3 is 0 Å². The molecule has 0 amide bonds. The summed E-state index contributed by atoms with van der Waals surface area (Å²) in [6.07, 6.45) is 2.46. The summed E-state index contributed by atoms with van der Waals surface area (Å²) in [5.41, 5.74) is 0.750. The van der Waals surface area contributed by atoms with Gasteiger partial charge in [0.2, 0.25) is 0 Å². The normalized spacial score (nSPS) is 12.6. The summed E-state index contributed by atoms with van der Waals surface area (Å²) in [5.74, 6) is 10.5. The lowest BCUT2D eigenvalue weighted by Gasteiger charge is -2.01. The Morgan fingerprint density at radius 3 is 2.37 bits per heavy atom. The Balaban J connectivity index is 2.42. The van der Waals surface area contributed by atoms with Crippen LogP contribution in [0.15, 0.2) is 30.3 Å². The highest BCUT2D eigenvalue weighted by Crippen LogP contribution is 2.09. The molecule has 1 aromatic rings. The van der Waals surface area contributed by atoms with Crippen LogP contribution in [0.25, 0.3) is 0 Å². The van der Waals surface area contributed by atoms with Crippen LogP contribution in [0.3, 0.4) is 0 Å². The van der Waals surface area contributed by atoms with Crippen LogP contribution in [-0.2, 0) is 0 Å². The SMILES string of the molecule is CCCCCC(O)C#CC#CC(O)c1ccccc1. The fraction of sp³-hybridized carbons (Fsp3) is 0.412. The highest BCUT2D eigenvalue weighted by atomic mass is 16.3. The number of rotatable bonds is 5. The van der Waals surface area contributed by atoms with E-state index in [0.29, 0.717) is 6.42 Å². The first-order valence-electron chi connectivity index (χ1n) is 6.66. The summed E-state index contributed by atoms with van der Waals surface area (Å²) in [6.45, 7) is 2.12. The van der Waals surface area contributed by atoms with Crippen LogP contribution in [0, 0.1) is 23.7 Å². The molecule has 2 heteroatoms. The van der Waals surface area contributed by atoms with Crippen molar-refractivity contribution in [2.24, 2.45) is 0 Å². The van der Waals surface area contributed by atoms with Gasteiger partial charge in [0.05, 0.1) is 0 Å². The third kappa shape index (κ3) is 6.67. The molecular weight excluding hydrogens is 236 g/mol. The van der Waals surface area contributed by atoms with Crippen LogP contribution in [-0.4, -0.2) is 16.3 Å². The molecule has 0 aliphatic heterocycles. The van der Waals surface area contributed by atoms with Crippen molar-refractivity contribution < 1.29 is 10.2 Å². The second-order valence-electron chi connectivity index (χ2n) is 4.36. The molecule has 2 nitrogen and oxygen atoms in total. The molecule has 0 aliphatic rings. The second kappa shape index (κ2) is 9.22. The first-order chi connectivity index (χ1) is 9.24. The van der Waals surface area contributed by atoms with E-state index in [1.807, 2.05) is 30.3 Å². The Hall–Kier alpha value is -1.74. The van der Waals surface area contributed by atoms with Gasteiger partial charge in [-0.2, -0.15) is 0 Å². The zero-order valence-electron chi connectivity index (χ0n) is 11.3. The lowest BCUT2D eigenvalue weighted by atomic mass is 10.1.